The predicted octanol–water partition coefficient (Wildman–Crippen LogP) is 6.04. The van der Waals surface area contributed by atoms with Gasteiger partial charge in [0, 0.05) is 0 Å². The second kappa shape index (κ2) is 9.60. The second-order valence-corrected chi connectivity index (χ2v) is 11.0. The summed E-state index contributed by atoms with van der Waals surface area (Å²) >= 11 is 0. The molecule has 0 heterocycles. The van der Waals surface area contributed by atoms with Crippen molar-refractivity contribution in [1.29, 1.82) is 0 Å². The van der Waals surface area contributed by atoms with Gasteiger partial charge in [0.1, 0.15) is 11.5 Å². The van der Waals surface area contributed by atoms with Crippen LogP contribution in [0.25, 0.3) is 0 Å². The molecule has 152 valence electrons. The molecule has 0 atom stereocenters. The fraction of sp³-hybridized carbons (Fsp3) is 0.500. The first-order valence-electron chi connectivity index (χ1n) is 10.5. The van der Waals surface area contributed by atoms with Crippen LogP contribution in [0, 0.1) is 11.8 Å². The molecule has 3 nitrogen and oxygen atoms in total. The molecule has 0 N–H and O–H groups in total. The number of rotatable bonds is 8. The van der Waals surface area contributed by atoms with Crippen LogP contribution in [0.15, 0.2) is 54.6 Å². The lowest BCUT2D eigenvalue weighted by Crippen LogP contribution is -2.26. The lowest BCUT2D eigenvalue weighted by Gasteiger charge is -2.28. The third kappa shape index (κ3) is 6.10. The molecule has 2 aromatic rings. The minimum Gasteiger partial charge on any atom is -0.457 e. The minimum absolute atomic E-state index is 0.254. The molecule has 28 heavy (non-hydrogen) atoms. The zero-order valence-corrected chi connectivity index (χ0v) is 17.8. The first-order valence-corrected chi connectivity index (χ1v) is 12.2. The summed E-state index contributed by atoms with van der Waals surface area (Å²) < 4.78 is 30.2. The van der Waals surface area contributed by atoms with Crippen LogP contribution in [0.4, 0.5) is 0 Å². The van der Waals surface area contributed by atoms with Crippen LogP contribution < -0.4 is 4.74 Å². The molecule has 0 bridgehead atoms. The Kier molecular flexibility index (Phi) is 7.17. The van der Waals surface area contributed by atoms with E-state index in [1.807, 2.05) is 36.4 Å². The summed E-state index contributed by atoms with van der Waals surface area (Å²) in [4.78, 5) is 0. The maximum Gasteiger partial charge on any atom is 0.152 e. The Morgan fingerprint density at radius 3 is 2.21 bits per heavy atom. The molecule has 1 aliphatic carbocycles. The van der Waals surface area contributed by atoms with E-state index in [0.717, 1.165) is 43.6 Å². The van der Waals surface area contributed by atoms with Crippen LogP contribution in [0.1, 0.15) is 51.5 Å². The van der Waals surface area contributed by atoms with E-state index in [2.05, 4.69) is 18.2 Å². The van der Waals surface area contributed by atoms with Gasteiger partial charge in [0.2, 0.25) is 0 Å². The van der Waals surface area contributed by atoms with Crippen molar-refractivity contribution >= 4 is 9.84 Å². The smallest absolute Gasteiger partial charge is 0.152 e. The fourth-order valence-corrected chi connectivity index (χ4v) is 5.34. The maximum atomic E-state index is 12.1. The molecular formula is C24H32O3S. The Morgan fingerprint density at radius 1 is 0.893 bits per heavy atom. The number of sulfone groups is 1. The van der Waals surface area contributed by atoms with Gasteiger partial charge in [0.05, 0.1) is 11.0 Å². The van der Waals surface area contributed by atoms with Gasteiger partial charge in [-0.1, -0.05) is 43.2 Å². The van der Waals surface area contributed by atoms with Crippen molar-refractivity contribution < 1.29 is 13.2 Å². The highest BCUT2D eigenvalue weighted by atomic mass is 32.2. The van der Waals surface area contributed by atoms with Gasteiger partial charge < -0.3 is 4.74 Å². The number of hydrogen-bond acceptors (Lipinski definition) is 3. The van der Waals surface area contributed by atoms with Crippen molar-refractivity contribution in [2.45, 2.75) is 57.6 Å². The highest BCUT2D eigenvalue weighted by molar-refractivity contribution is 7.91. The Balaban J connectivity index is 1.46. The molecule has 0 aromatic heterocycles. The van der Waals surface area contributed by atoms with E-state index in [9.17, 15) is 8.42 Å². The predicted molar refractivity (Wildman–Crippen MR) is 116 cm³/mol. The zero-order valence-electron chi connectivity index (χ0n) is 17.0. The van der Waals surface area contributed by atoms with Crippen LogP contribution in [0.3, 0.4) is 0 Å². The monoisotopic (exact) mass is 400 g/mol. The van der Waals surface area contributed by atoms with E-state index in [1.54, 1.807) is 13.8 Å². The number of ether oxygens (including phenoxy) is 1. The Morgan fingerprint density at radius 2 is 1.54 bits per heavy atom. The van der Waals surface area contributed by atoms with Crippen molar-refractivity contribution in [3.63, 3.8) is 0 Å². The summed E-state index contributed by atoms with van der Waals surface area (Å²) in [6.07, 6.45) is 6.61. The van der Waals surface area contributed by atoms with Gasteiger partial charge in [-0.05, 0) is 81.2 Å². The molecule has 1 fully saturated rings. The molecule has 0 saturated heterocycles. The highest BCUT2D eigenvalue weighted by Gasteiger charge is 2.27. The van der Waals surface area contributed by atoms with Crippen LogP contribution in [-0.4, -0.2) is 19.4 Å². The first kappa shape index (κ1) is 20.9. The fourth-order valence-electron chi connectivity index (χ4n) is 3.97. The second-order valence-electron chi connectivity index (χ2n) is 8.37. The van der Waals surface area contributed by atoms with Gasteiger partial charge in [-0.3, -0.25) is 0 Å². The molecule has 0 unspecified atom stereocenters. The number of benzene rings is 2. The summed E-state index contributed by atoms with van der Waals surface area (Å²) in [5.74, 6) is 3.17. The summed E-state index contributed by atoms with van der Waals surface area (Å²) in [5, 5.41) is -0.254. The van der Waals surface area contributed by atoms with Gasteiger partial charge in [-0.2, -0.15) is 0 Å². The van der Waals surface area contributed by atoms with Crippen LogP contribution in [-0.2, 0) is 16.3 Å². The molecule has 0 aliphatic heterocycles. The maximum absolute atomic E-state index is 12.1. The first-order chi connectivity index (χ1) is 13.4. The molecule has 1 aliphatic rings. The third-order valence-electron chi connectivity index (χ3n) is 5.87. The molecule has 4 heteroatoms. The number of aryl methyl sites for hydroxylation is 1. The summed E-state index contributed by atoms with van der Waals surface area (Å²) in [6.45, 7) is 3.58. The Labute approximate surface area is 170 Å². The Hall–Kier alpha value is -1.81. The standard InChI is InChI=1S/C24H32O3S/c1-19(2)28(25,26)18-22-15-12-20(13-16-22)11-14-21-7-6-10-24(17-21)27-23-8-4-3-5-9-23/h3-10,17,19-20,22H,11-16,18H2,1-2H3. The van der Waals surface area contributed by atoms with Gasteiger partial charge in [0.25, 0.3) is 0 Å². The average molecular weight is 401 g/mol. The van der Waals surface area contributed by atoms with Crippen molar-refractivity contribution in [1.82, 2.24) is 0 Å². The summed E-state index contributed by atoms with van der Waals surface area (Å²) in [5.41, 5.74) is 1.30. The normalized spacial score (nSPS) is 20.2. The number of hydrogen-bond donors (Lipinski definition) is 0. The van der Waals surface area contributed by atoms with Crippen LogP contribution >= 0.6 is 0 Å². The molecule has 0 amide bonds. The van der Waals surface area contributed by atoms with Crippen molar-refractivity contribution in [3.05, 3.63) is 60.2 Å². The van der Waals surface area contributed by atoms with E-state index < -0.39 is 9.84 Å². The zero-order chi connectivity index (χ0) is 20.0. The molecule has 0 radical (unpaired) electrons. The van der Waals surface area contributed by atoms with Crippen molar-refractivity contribution in [3.8, 4) is 11.5 Å². The Bertz CT molecular complexity index is 835. The van der Waals surface area contributed by atoms with E-state index in [1.165, 1.54) is 12.0 Å². The summed E-state index contributed by atoms with van der Waals surface area (Å²) in [6, 6.07) is 18.2. The van der Waals surface area contributed by atoms with Crippen LogP contribution in [0.5, 0.6) is 11.5 Å². The quantitative estimate of drug-likeness (QED) is 0.542. The van der Waals surface area contributed by atoms with Gasteiger partial charge in [-0.15, -0.1) is 0 Å². The molecule has 3 rings (SSSR count). The molecule has 0 spiro atoms. The van der Waals surface area contributed by atoms with E-state index in [-0.39, 0.29) is 5.25 Å². The lowest BCUT2D eigenvalue weighted by atomic mass is 9.80. The largest absolute Gasteiger partial charge is 0.457 e. The van der Waals surface area contributed by atoms with E-state index in [0.29, 0.717) is 17.6 Å². The van der Waals surface area contributed by atoms with Crippen molar-refractivity contribution in [2.75, 3.05) is 5.75 Å². The van der Waals surface area contributed by atoms with Gasteiger partial charge in [-0.25, -0.2) is 8.42 Å². The van der Waals surface area contributed by atoms with Gasteiger partial charge >= 0.3 is 0 Å². The van der Waals surface area contributed by atoms with Gasteiger partial charge in [0.15, 0.2) is 9.84 Å². The van der Waals surface area contributed by atoms with E-state index >= 15 is 0 Å². The number of para-hydroxylation sites is 1. The van der Waals surface area contributed by atoms with Crippen LogP contribution in [0.2, 0.25) is 0 Å². The lowest BCUT2D eigenvalue weighted by molar-refractivity contribution is 0.278. The molecule has 1 saturated carbocycles. The SMILES string of the molecule is CC(C)S(=O)(=O)CC1CCC(CCc2cccc(Oc3ccccc3)c2)CC1. The minimum atomic E-state index is -2.92. The van der Waals surface area contributed by atoms with Crippen molar-refractivity contribution in [2.24, 2.45) is 11.8 Å². The molecule has 2 aromatic carbocycles. The average Bonchev–Trinajstić information content (AvgIpc) is 2.68. The summed E-state index contributed by atoms with van der Waals surface area (Å²) in [7, 11) is -2.92. The van der Waals surface area contributed by atoms with E-state index in [4.69, 9.17) is 4.74 Å². The highest BCUT2D eigenvalue weighted by Crippen LogP contribution is 2.33. The molecular weight excluding hydrogens is 368 g/mol. The topological polar surface area (TPSA) is 43.4 Å². The third-order valence-corrected chi connectivity index (χ3v) is 8.24.